The van der Waals surface area contributed by atoms with E-state index in [-0.39, 0.29) is 18.3 Å². The molecule has 0 saturated carbocycles. The van der Waals surface area contributed by atoms with Crippen molar-refractivity contribution >= 4 is 16.0 Å². The molecular weight excluding hydrogens is 358 g/mol. The number of hydrogen-bond donors (Lipinski definition) is 1. The Balaban J connectivity index is 1.54. The minimum absolute atomic E-state index is 0.0147. The van der Waals surface area contributed by atoms with Gasteiger partial charge in [-0.15, -0.1) is 0 Å². The van der Waals surface area contributed by atoms with Crippen molar-refractivity contribution in [3.8, 4) is 11.5 Å². The molecule has 2 aromatic carbocycles. The summed E-state index contributed by atoms with van der Waals surface area (Å²) in [5, 5.41) is 0. The van der Waals surface area contributed by atoms with Crippen LogP contribution in [0.25, 0.3) is 0 Å². The maximum absolute atomic E-state index is 12.3. The van der Waals surface area contributed by atoms with Gasteiger partial charge in [0.15, 0.2) is 11.5 Å². The van der Waals surface area contributed by atoms with Crippen LogP contribution in [0.3, 0.4) is 0 Å². The Hall–Kier alpha value is -2.58. The van der Waals surface area contributed by atoms with Crippen molar-refractivity contribution in [1.29, 1.82) is 0 Å². The topological polar surface area (TPSA) is 90.9 Å². The maximum Gasteiger partial charge on any atom is 0.321 e. The van der Waals surface area contributed by atoms with E-state index in [1.807, 2.05) is 13.8 Å². The molecule has 0 aromatic heterocycles. The predicted molar refractivity (Wildman–Crippen MR) is 93.5 cm³/mol. The van der Waals surface area contributed by atoms with Crippen molar-refractivity contribution in [2.75, 3.05) is 13.3 Å². The Labute approximate surface area is 151 Å². The molecule has 0 saturated heterocycles. The van der Waals surface area contributed by atoms with Gasteiger partial charge in [0.2, 0.25) is 16.8 Å². The summed E-state index contributed by atoms with van der Waals surface area (Å²) in [6, 6.07) is 9.99. The zero-order chi connectivity index (χ0) is 18.7. The first-order valence-electron chi connectivity index (χ1n) is 7.96. The largest absolute Gasteiger partial charge is 0.460 e. The van der Waals surface area contributed by atoms with Crippen LogP contribution in [0.4, 0.5) is 0 Å². The Kier molecular flexibility index (Phi) is 5.15. The van der Waals surface area contributed by atoms with E-state index in [0.717, 1.165) is 16.7 Å². The standard InChI is InChI=1S/C18H19NO6S/c1-12-3-5-15(7-13(12)2)26(21,22)19-9-18(20)23-10-14-4-6-16-17(8-14)25-11-24-16/h3-8,19H,9-11H2,1-2H3. The number of fused-ring (bicyclic) bond motifs is 1. The van der Waals surface area contributed by atoms with Crippen LogP contribution in [0.5, 0.6) is 11.5 Å². The molecule has 0 atom stereocenters. The highest BCUT2D eigenvalue weighted by molar-refractivity contribution is 7.89. The number of esters is 1. The van der Waals surface area contributed by atoms with Crippen LogP contribution >= 0.6 is 0 Å². The number of hydrogen-bond acceptors (Lipinski definition) is 6. The quantitative estimate of drug-likeness (QED) is 0.775. The van der Waals surface area contributed by atoms with E-state index >= 15 is 0 Å². The van der Waals surface area contributed by atoms with Gasteiger partial charge in [0.1, 0.15) is 13.2 Å². The van der Waals surface area contributed by atoms with Crippen molar-refractivity contribution in [3.63, 3.8) is 0 Å². The van der Waals surface area contributed by atoms with Gasteiger partial charge >= 0.3 is 5.97 Å². The normalized spacial score (nSPS) is 12.8. The van der Waals surface area contributed by atoms with Crippen molar-refractivity contribution in [2.24, 2.45) is 0 Å². The minimum atomic E-state index is -3.77. The molecule has 0 bridgehead atoms. The number of nitrogens with one attached hydrogen (secondary N) is 1. The lowest BCUT2D eigenvalue weighted by atomic mass is 10.1. The number of carbonyl (C=O) groups excluding carboxylic acids is 1. The SMILES string of the molecule is Cc1ccc(S(=O)(=O)NCC(=O)OCc2ccc3c(c2)OCO3)cc1C. The number of carbonyl (C=O) groups is 1. The van der Waals surface area contributed by atoms with E-state index < -0.39 is 22.5 Å². The molecule has 138 valence electrons. The highest BCUT2D eigenvalue weighted by Crippen LogP contribution is 2.32. The Morgan fingerprint density at radius 2 is 1.85 bits per heavy atom. The summed E-state index contributed by atoms with van der Waals surface area (Å²) in [6.45, 7) is 3.46. The third-order valence-corrected chi connectivity index (χ3v) is 5.43. The van der Waals surface area contributed by atoms with Crippen LogP contribution < -0.4 is 14.2 Å². The molecule has 0 fully saturated rings. The van der Waals surface area contributed by atoms with Gasteiger partial charge in [0.05, 0.1) is 4.90 Å². The van der Waals surface area contributed by atoms with Gasteiger partial charge in [-0.25, -0.2) is 8.42 Å². The Morgan fingerprint density at radius 1 is 1.08 bits per heavy atom. The van der Waals surface area contributed by atoms with Crippen LogP contribution in [0.15, 0.2) is 41.3 Å². The molecule has 7 nitrogen and oxygen atoms in total. The van der Waals surface area contributed by atoms with Gasteiger partial charge in [0, 0.05) is 0 Å². The molecule has 0 spiro atoms. The molecule has 0 unspecified atom stereocenters. The van der Waals surface area contributed by atoms with E-state index in [1.54, 1.807) is 30.3 Å². The fraction of sp³-hybridized carbons (Fsp3) is 0.278. The first-order chi connectivity index (χ1) is 12.3. The molecule has 26 heavy (non-hydrogen) atoms. The van der Waals surface area contributed by atoms with Gasteiger partial charge in [-0.1, -0.05) is 12.1 Å². The molecule has 0 radical (unpaired) electrons. The lowest BCUT2D eigenvalue weighted by Crippen LogP contribution is -2.30. The smallest absolute Gasteiger partial charge is 0.321 e. The molecule has 2 aromatic rings. The summed E-state index contributed by atoms with van der Waals surface area (Å²) in [4.78, 5) is 12.0. The fourth-order valence-electron chi connectivity index (χ4n) is 2.36. The average Bonchev–Trinajstić information content (AvgIpc) is 3.08. The second-order valence-electron chi connectivity index (χ2n) is 5.92. The number of rotatable bonds is 6. The highest BCUT2D eigenvalue weighted by Gasteiger charge is 2.17. The molecule has 1 heterocycles. The lowest BCUT2D eigenvalue weighted by Gasteiger charge is -2.09. The van der Waals surface area contributed by atoms with E-state index in [4.69, 9.17) is 14.2 Å². The molecule has 1 aliphatic rings. The van der Waals surface area contributed by atoms with E-state index in [0.29, 0.717) is 11.5 Å². The summed E-state index contributed by atoms with van der Waals surface area (Å²) in [5.41, 5.74) is 2.57. The van der Waals surface area contributed by atoms with Crippen LogP contribution in [0, 0.1) is 13.8 Å². The van der Waals surface area contributed by atoms with Gasteiger partial charge < -0.3 is 14.2 Å². The number of ether oxygens (including phenoxy) is 3. The Morgan fingerprint density at radius 3 is 2.62 bits per heavy atom. The van der Waals surface area contributed by atoms with Crippen molar-refractivity contribution in [2.45, 2.75) is 25.3 Å². The zero-order valence-electron chi connectivity index (χ0n) is 14.4. The molecule has 8 heteroatoms. The zero-order valence-corrected chi connectivity index (χ0v) is 15.3. The van der Waals surface area contributed by atoms with E-state index in [1.165, 1.54) is 6.07 Å². The summed E-state index contributed by atoms with van der Waals surface area (Å²) >= 11 is 0. The number of sulfonamides is 1. The minimum Gasteiger partial charge on any atom is -0.460 e. The second-order valence-corrected chi connectivity index (χ2v) is 7.69. The first kappa shape index (κ1) is 18.2. The summed E-state index contributed by atoms with van der Waals surface area (Å²) in [7, 11) is -3.77. The third-order valence-electron chi connectivity index (χ3n) is 4.03. The summed E-state index contributed by atoms with van der Waals surface area (Å²) in [6.07, 6.45) is 0. The maximum atomic E-state index is 12.3. The first-order valence-corrected chi connectivity index (χ1v) is 9.44. The molecule has 0 amide bonds. The predicted octanol–water partition coefficient (Wildman–Crippen LogP) is 2.05. The second kappa shape index (κ2) is 7.35. The average molecular weight is 377 g/mol. The summed E-state index contributed by atoms with van der Waals surface area (Å²) < 4.78 is 42.3. The van der Waals surface area contributed by atoms with Crippen LogP contribution in [-0.2, 0) is 26.2 Å². The summed E-state index contributed by atoms with van der Waals surface area (Å²) in [5.74, 6) is 0.560. The fourth-order valence-corrected chi connectivity index (χ4v) is 3.42. The third kappa shape index (κ3) is 4.14. The Bertz CT molecular complexity index is 939. The van der Waals surface area contributed by atoms with E-state index in [9.17, 15) is 13.2 Å². The number of benzene rings is 2. The van der Waals surface area contributed by atoms with Crippen LogP contribution in [0.1, 0.15) is 16.7 Å². The van der Waals surface area contributed by atoms with Crippen LogP contribution in [-0.4, -0.2) is 27.7 Å². The van der Waals surface area contributed by atoms with Gasteiger partial charge in [-0.3, -0.25) is 4.79 Å². The van der Waals surface area contributed by atoms with Gasteiger partial charge in [-0.05, 0) is 54.8 Å². The van der Waals surface area contributed by atoms with Crippen LogP contribution in [0.2, 0.25) is 0 Å². The molecular formula is C18H19NO6S. The highest BCUT2D eigenvalue weighted by atomic mass is 32.2. The van der Waals surface area contributed by atoms with E-state index in [2.05, 4.69) is 4.72 Å². The molecule has 3 rings (SSSR count). The molecule has 0 aliphatic carbocycles. The number of aryl methyl sites for hydroxylation is 2. The van der Waals surface area contributed by atoms with Crippen molar-refractivity contribution < 1.29 is 27.4 Å². The van der Waals surface area contributed by atoms with Crippen molar-refractivity contribution in [3.05, 3.63) is 53.1 Å². The van der Waals surface area contributed by atoms with Gasteiger partial charge in [-0.2, -0.15) is 4.72 Å². The monoisotopic (exact) mass is 377 g/mol. The molecule has 1 aliphatic heterocycles. The van der Waals surface area contributed by atoms with Gasteiger partial charge in [0.25, 0.3) is 0 Å². The lowest BCUT2D eigenvalue weighted by molar-refractivity contribution is -0.143. The molecule has 1 N–H and O–H groups in total. The van der Waals surface area contributed by atoms with Crippen molar-refractivity contribution in [1.82, 2.24) is 4.72 Å².